The van der Waals surface area contributed by atoms with E-state index in [1.807, 2.05) is 38.1 Å². The maximum atomic E-state index is 12.2. The summed E-state index contributed by atoms with van der Waals surface area (Å²) >= 11 is 0. The molecule has 1 amide bonds. The molecule has 19 heavy (non-hydrogen) atoms. The van der Waals surface area contributed by atoms with E-state index in [1.165, 1.54) is 0 Å². The van der Waals surface area contributed by atoms with Crippen LogP contribution in [0, 0.1) is 6.92 Å². The number of carbonyl (C=O) groups is 1. The molecule has 2 N–H and O–H groups in total. The first-order valence-corrected chi connectivity index (χ1v) is 6.84. The number of rotatable bonds is 8. The van der Waals surface area contributed by atoms with Crippen molar-refractivity contribution in [2.75, 3.05) is 31.2 Å². The second-order valence-electron chi connectivity index (χ2n) is 4.53. The SMILES string of the molecule is CCCOCC(=O)N(CCCN)c1ccccc1C. The van der Waals surface area contributed by atoms with Crippen molar-refractivity contribution in [2.45, 2.75) is 26.7 Å². The molecular formula is C15H24N2O2. The molecule has 0 radical (unpaired) electrons. The van der Waals surface area contributed by atoms with Crippen LogP contribution in [0.25, 0.3) is 0 Å². The number of nitrogens with zero attached hydrogens (tertiary/aromatic N) is 1. The van der Waals surface area contributed by atoms with Crippen LogP contribution < -0.4 is 10.6 Å². The Kier molecular flexibility index (Phi) is 7.15. The van der Waals surface area contributed by atoms with Crippen LogP contribution in [0.15, 0.2) is 24.3 Å². The van der Waals surface area contributed by atoms with Gasteiger partial charge in [-0.2, -0.15) is 0 Å². The van der Waals surface area contributed by atoms with Gasteiger partial charge in [0.2, 0.25) is 0 Å². The van der Waals surface area contributed by atoms with Crippen LogP contribution in [0.2, 0.25) is 0 Å². The summed E-state index contributed by atoms with van der Waals surface area (Å²) in [5.74, 6) is -0.00352. The maximum Gasteiger partial charge on any atom is 0.252 e. The molecule has 1 aromatic carbocycles. The molecule has 0 heterocycles. The standard InChI is InChI=1S/C15H24N2O2/c1-3-11-19-12-15(18)17(10-6-9-16)14-8-5-4-7-13(14)2/h4-5,7-8H,3,6,9-12,16H2,1-2H3. The third kappa shape index (κ3) is 5.01. The summed E-state index contributed by atoms with van der Waals surface area (Å²) in [5, 5.41) is 0. The molecule has 0 fully saturated rings. The van der Waals surface area contributed by atoms with Gasteiger partial charge in [-0.25, -0.2) is 0 Å². The molecule has 0 spiro atoms. The highest BCUT2D eigenvalue weighted by Crippen LogP contribution is 2.19. The first-order valence-electron chi connectivity index (χ1n) is 6.84. The zero-order valence-corrected chi connectivity index (χ0v) is 11.9. The Hall–Kier alpha value is -1.39. The molecule has 0 saturated heterocycles. The van der Waals surface area contributed by atoms with Crippen LogP contribution in [-0.4, -0.2) is 32.2 Å². The maximum absolute atomic E-state index is 12.2. The predicted octanol–water partition coefficient (Wildman–Crippen LogP) is 2.10. The Labute approximate surface area is 115 Å². The van der Waals surface area contributed by atoms with E-state index in [1.54, 1.807) is 4.90 Å². The zero-order chi connectivity index (χ0) is 14.1. The van der Waals surface area contributed by atoms with Crippen LogP contribution in [-0.2, 0) is 9.53 Å². The Balaban J connectivity index is 2.76. The number of para-hydroxylation sites is 1. The lowest BCUT2D eigenvalue weighted by Crippen LogP contribution is -2.36. The topological polar surface area (TPSA) is 55.6 Å². The van der Waals surface area contributed by atoms with Gasteiger partial charge < -0.3 is 15.4 Å². The fourth-order valence-electron chi connectivity index (χ4n) is 1.88. The third-order valence-corrected chi connectivity index (χ3v) is 2.87. The smallest absolute Gasteiger partial charge is 0.252 e. The van der Waals surface area contributed by atoms with Crippen LogP contribution in [0.1, 0.15) is 25.3 Å². The number of aryl methyl sites for hydroxylation is 1. The summed E-state index contributed by atoms with van der Waals surface area (Å²) in [7, 11) is 0. The summed E-state index contributed by atoms with van der Waals surface area (Å²) < 4.78 is 5.34. The van der Waals surface area contributed by atoms with Gasteiger partial charge in [0.05, 0.1) is 0 Å². The van der Waals surface area contributed by atoms with E-state index in [0.29, 0.717) is 19.7 Å². The molecule has 106 valence electrons. The number of anilines is 1. The van der Waals surface area contributed by atoms with Crippen molar-refractivity contribution >= 4 is 11.6 Å². The molecule has 0 aliphatic heterocycles. The van der Waals surface area contributed by atoms with Crippen molar-refractivity contribution in [3.8, 4) is 0 Å². The fourth-order valence-corrected chi connectivity index (χ4v) is 1.88. The number of benzene rings is 1. The van der Waals surface area contributed by atoms with E-state index >= 15 is 0 Å². The van der Waals surface area contributed by atoms with Crippen LogP contribution in [0.4, 0.5) is 5.69 Å². The summed E-state index contributed by atoms with van der Waals surface area (Å²) in [6.07, 6.45) is 1.70. The van der Waals surface area contributed by atoms with Gasteiger partial charge >= 0.3 is 0 Å². The zero-order valence-electron chi connectivity index (χ0n) is 11.9. The highest BCUT2D eigenvalue weighted by molar-refractivity contribution is 5.94. The third-order valence-electron chi connectivity index (χ3n) is 2.87. The van der Waals surface area contributed by atoms with E-state index in [-0.39, 0.29) is 12.5 Å². The van der Waals surface area contributed by atoms with E-state index in [9.17, 15) is 4.79 Å². The van der Waals surface area contributed by atoms with Crippen LogP contribution >= 0.6 is 0 Å². The average molecular weight is 264 g/mol. The van der Waals surface area contributed by atoms with Gasteiger partial charge in [-0.3, -0.25) is 4.79 Å². The minimum absolute atomic E-state index is 0.00352. The number of carbonyl (C=O) groups excluding carboxylic acids is 1. The molecule has 4 nitrogen and oxygen atoms in total. The lowest BCUT2D eigenvalue weighted by Gasteiger charge is -2.24. The minimum atomic E-state index is -0.00352. The first-order chi connectivity index (χ1) is 9.20. The number of amides is 1. The minimum Gasteiger partial charge on any atom is -0.372 e. The van der Waals surface area contributed by atoms with Gasteiger partial charge in [0.25, 0.3) is 5.91 Å². The predicted molar refractivity (Wildman–Crippen MR) is 78.3 cm³/mol. The van der Waals surface area contributed by atoms with Crippen molar-refractivity contribution in [3.05, 3.63) is 29.8 Å². The Morgan fingerprint density at radius 3 is 2.74 bits per heavy atom. The molecule has 0 aliphatic rings. The molecule has 0 atom stereocenters. The van der Waals surface area contributed by atoms with Crippen molar-refractivity contribution < 1.29 is 9.53 Å². The number of hydrogen-bond donors (Lipinski definition) is 1. The Morgan fingerprint density at radius 1 is 1.37 bits per heavy atom. The largest absolute Gasteiger partial charge is 0.372 e. The summed E-state index contributed by atoms with van der Waals surface area (Å²) in [5.41, 5.74) is 7.58. The van der Waals surface area contributed by atoms with Crippen molar-refractivity contribution in [1.82, 2.24) is 0 Å². The average Bonchev–Trinajstić information content (AvgIpc) is 2.41. The van der Waals surface area contributed by atoms with E-state index in [4.69, 9.17) is 10.5 Å². The highest BCUT2D eigenvalue weighted by Gasteiger charge is 2.16. The molecule has 0 aliphatic carbocycles. The lowest BCUT2D eigenvalue weighted by atomic mass is 10.1. The van der Waals surface area contributed by atoms with Gasteiger partial charge in [0.1, 0.15) is 6.61 Å². The van der Waals surface area contributed by atoms with Crippen molar-refractivity contribution in [3.63, 3.8) is 0 Å². The van der Waals surface area contributed by atoms with Crippen LogP contribution in [0.5, 0.6) is 0 Å². The lowest BCUT2D eigenvalue weighted by molar-refractivity contribution is -0.123. The monoisotopic (exact) mass is 264 g/mol. The molecule has 1 rings (SSSR count). The van der Waals surface area contributed by atoms with Gasteiger partial charge in [-0.1, -0.05) is 25.1 Å². The first kappa shape index (κ1) is 15.7. The molecule has 0 aromatic heterocycles. The normalized spacial score (nSPS) is 10.5. The van der Waals surface area contributed by atoms with Gasteiger partial charge in [0, 0.05) is 18.8 Å². The summed E-state index contributed by atoms with van der Waals surface area (Å²) in [6.45, 7) is 5.99. The molecule has 0 unspecified atom stereocenters. The number of nitrogens with two attached hydrogens (primary N) is 1. The molecule has 4 heteroatoms. The second-order valence-corrected chi connectivity index (χ2v) is 4.53. The summed E-state index contributed by atoms with van der Waals surface area (Å²) in [6, 6.07) is 7.88. The van der Waals surface area contributed by atoms with Crippen LogP contribution in [0.3, 0.4) is 0 Å². The Morgan fingerprint density at radius 2 is 2.11 bits per heavy atom. The Bertz CT molecular complexity index is 393. The summed E-state index contributed by atoms with van der Waals surface area (Å²) in [4.78, 5) is 14.0. The quantitative estimate of drug-likeness (QED) is 0.732. The highest BCUT2D eigenvalue weighted by atomic mass is 16.5. The number of ether oxygens (including phenoxy) is 1. The second kappa shape index (κ2) is 8.67. The van der Waals surface area contributed by atoms with Gasteiger partial charge in [-0.15, -0.1) is 0 Å². The van der Waals surface area contributed by atoms with E-state index in [0.717, 1.165) is 24.1 Å². The number of hydrogen-bond acceptors (Lipinski definition) is 3. The van der Waals surface area contributed by atoms with Gasteiger partial charge in [-0.05, 0) is 37.9 Å². The molecule has 0 bridgehead atoms. The van der Waals surface area contributed by atoms with Crippen molar-refractivity contribution in [2.24, 2.45) is 5.73 Å². The molecule has 0 saturated carbocycles. The molecule has 1 aromatic rings. The van der Waals surface area contributed by atoms with Gasteiger partial charge in [0.15, 0.2) is 0 Å². The van der Waals surface area contributed by atoms with E-state index in [2.05, 4.69) is 0 Å². The fraction of sp³-hybridized carbons (Fsp3) is 0.533. The van der Waals surface area contributed by atoms with Crippen molar-refractivity contribution in [1.29, 1.82) is 0 Å². The molecular weight excluding hydrogens is 240 g/mol. The van der Waals surface area contributed by atoms with E-state index < -0.39 is 0 Å².